The highest BCUT2D eigenvalue weighted by Gasteiger charge is 2.10. The van der Waals surface area contributed by atoms with E-state index in [9.17, 15) is 9.59 Å². The molecule has 7 nitrogen and oxygen atoms in total. The zero-order valence-electron chi connectivity index (χ0n) is 8.85. The van der Waals surface area contributed by atoms with E-state index in [-0.39, 0.29) is 16.7 Å². The first-order valence-electron chi connectivity index (χ1n) is 4.78. The molecule has 0 unspecified atom stereocenters. The summed E-state index contributed by atoms with van der Waals surface area (Å²) in [5.74, 6) is -1.02. The summed E-state index contributed by atoms with van der Waals surface area (Å²) >= 11 is 5.63. The van der Waals surface area contributed by atoms with Crippen LogP contribution in [0.3, 0.4) is 0 Å². The van der Waals surface area contributed by atoms with E-state index in [1.54, 1.807) is 0 Å². The van der Waals surface area contributed by atoms with Crippen molar-refractivity contribution in [2.75, 3.05) is 5.32 Å². The Morgan fingerprint density at radius 2 is 2.22 bits per heavy atom. The number of amides is 1. The fourth-order valence-electron chi connectivity index (χ4n) is 1.23. The molecule has 0 spiro atoms. The highest BCUT2D eigenvalue weighted by Crippen LogP contribution is 2.09. The minimum atomic E-state index is -0.626. The molecule has 2 aromatic heterocycles. The molecule has 92 valence electrons. The third kappa shape index (κ3) is 2.83. The van der Waals surface area contributed by atoms with Crippen LogP contribution in [0.25, 0.3) is 0 Å². The number of halogens is 1. The van der Waals surface area contributed by atoms with Gasteiger partial charge in [-0.05, 0) is 6.07 Å². The summed E-state index contributed by atoms with van der Waals surface area (Å²) in [7, 11) is 0. The second-order valence-corrected chi connectivity index (χ2v) is 3.66. The van der Waals surface area contributed by atoms with Crippen molar-refractivity contribution >= 4 is 23.5 Å². The van der Waals surface area contributed by atoms with E-state index in [4.69, 9.17) is 16.7 Å². The molecule has 0 aliphatic rings. The van der Waals surface area contributed by atoms with Gasteiger partial charge in [-0.2, -0.15) is 0 Å². The number of hydrogen-bond donors (Lipinski definition) is 3. The summed E-state index contributed by atoms with van der Waals surface area (Å²) in [6.07, 6.45) is 1.38. The Balaban J connectivity index is 2.24. The molecule has 18 heavy (non-hydrogen) atoms. The number of carbonyl (C=O) groups excluding carboxylic acids is 1. The Kier molecular flexibility index (Phi) is 3.24. The zero-order valence-corrected chi connectivity index (χ0v) is 9.60. The first kappa shape index (κ1) is 12.1. The number of nitrogens with one attached hydrogen (secondary N) is 2. The number of carbonyl (C=O) groups is 1. The summed E-state index contributed by atoms with van der Waals surface area (Å²) in [5.41, 5.74) is -0.605. The van der Waals surface area contributed by atoms with Gasteiger partial charge in [-0.15, -0.1) is 0 Å². The molecule has 0 saturated carbocycles. The van der Waals surface area contributed by atoms with Crippen LogP contribution in [0.4, 0.5) is 5.95 Å². The number of anilines is 1. The lowest BCUT2D eigenvalue weighted by molar-refractivity contribution is 0.102. The minimum Gasteiger partial charge on any atom is -0.494 e. The summed E-state index contributed by atoms with van der Waals surface area (Å²) in [4.78, 5) is 32.4. The Hall–Kier alpha value is -2.41. The van der Waals surface area contributed by atoms with Gasteiger partial charge in [0.15, 0.2) is 5.88 Å². The lowest BCUT2D eigenvalue weighted by Gasteiger charge is -2.03. The predicted molar refractivity (Wildman–Crippen MR) is 63.7 cm³/mol. The SMILES string of the molecule is O=C(Nc1nccc(Cl)n1)c1cc(O)[nH]c(=O)c1. The molecule has 0 fully saturated rings. The standard InChI is InChI=1S/C10H7ClN4O3/c11-6-1-2-12-10(13-6)15-9(18)5-3-7(16)14-8(17)4-5/h1-4H,(H2,14,16,17)(H,12,13,15,18). The van der Waals surface area contributed by atoms with Crippen LogP contribution in [-0.2, 0) is 0 Å². The maximum Gasteiger partial charge on any atom is 0.258 e. The molecule has 0 aliphatic carbocycles. The van der Waals surface area contributed by atoms with Crippen LogP contribution < -0.4 is 10.9 Å². The number of hydrogen-bond acceptors (Lipinski definition) is 5. The molecule has 0 saturated heterocycles. The Bertz CT molecular complexity index is 656. The maximum atomic E-state index is 11.7. The summed E-state index contributed by atoms with van der Waals surface area (Å²) in [6.45, 7) is 0. The minimum absolute atomic E-state index is 0.00673. The van der Waals surface area contributed by atoms with E-state index in [0.29, 0.717) is 0 Å². The molecule has 0 bridgehead atoms. The number of aromatic hydroxyl groups is 1. The van der Waals surface area contributed by atoms with Gasteiger partial charge in [-0.25, -0.2) is 9.97 Å². The highest BCUT2D eigenvalue weighted by atomic mass is 35.5. The highest BCUT2D eigenvalue weighted by molar-refractivity contribution is 6.29. The topological polar surface area (TPSA) is 108 Å². The molecule has 1 amide bonds. The van der Waals surface area contributed by atoms with Gasteiger partial charge in [0.05, 0.1) is 5.56 Å². The van der Waals surface area contributed by atoms with Crippen molar-refractivity contribution < 1.29 is 9.90 Å². The average Bonchev–Trinajstić information content (AvgIpc) is 2.27. The van der Waals surface area contributed by atoms with Gasteiger partial charge in [-0.1, -0.05) is 11.6 Å². The van der Waals surface area contributed by atoms with Crippen LogP contribution in [0.2, 0.25) is 5.15 Å². The molecule has 2 rings (SSSR count). The average molecular weight is 267 g/mol. The smallest absolute Gasteiger partial charge is 0.258 e. The lowest BCUT2D eigenvalue weighted by atomic mass is 10.2. The normalized spacial score (nSPS) is 10.1. The number of rotatable bonds is 2. The predicted octanol–water partition coefficient (Wildman–Crippen LogP) is 0.776. The molecular formula is C10H7ClN4O3. The van der Waals surface area contributed by atoms with Gasteiger partial charge in [-0.3, -0.25) is 19.9 Å². The molecule has 2 aromatic rings. The van der Waals surface area contributed by atoms with E-state index in [1.165, 1.54) is 12.3 Å². The van der Waals surface area contributed by atoms with Crippen molar-refractivity contribution in [1.29, 1.82) is 0 Å². The van der Waals surface area contributed by atoms with Gasteiger partial charge in [0, 0.05) is 18.3 Å². The van der Waals surface area contributed by atoms with Crippen molar-refractivity contribution in [2.45, 2.75) is 0 Å². The van der Waals surface area contributed by atoms with Gasteiger partial charge in [0.2, 0.25) is 5.95 Å². The Morgan fingerprint density at radius 1 is 1.44 bits per heavy atom. The summed E-state index contributed by atoms with van der Waals surface area (Å²) < 4.78 is 0. The number of nitrogens with zero attached hydrogens (tertiary/aromatic N) is 2. The maximum absolute atomic E-state index is 11.7. The monoisotopic (exact) mass is 266 g/mol. The van der Waals surface area contributed by atoms with Gasteiger partial charge >= 0.3 is 0 Å². The quantitative estimate of drug-likeness (QED) is 0.696. The molecule has 0 radical (unpaired) electrons. The van der Waals surface area contributed by atoms with E-state index < -0.39 is 17.3 Å². The number of aromatic nitrogens is 3. The first-order valence-corrected chi connectivity index (χ1v) is 5.15. The first-order chi connectivity index (χ1) is 8.54. The fourth-order valence-corrected chi connectivity index (χ4v) is 1.37. The molecule has 3 N–H and O–H groups in total. The Morgan fingerprint density at radius 3 is 2.89 bits per heavy atom. The number of aromatic amines is 1. The molecule has 0 atom stereocenters. The third-order valence-corrected chi connectivity index (χ3v) is 2.15. The van der Waals surface area contributed by atoms with E-state index in [2.05, 4.69) is 20.3 Å². The Labute approximate surface area is 105 Å². The molecular weight excluding hydrogens is 260 g/mol. The van der Waals surface area contributed by atoms with E-state index in [1.807, 2.05) is 0 Å². The molecule has 2 heterocycles. The van der Waals surface area contributed by atoms with Gasteiger partial charge < -0.3 is 5.11 Å². The van der Waals surface area contributed by atoms with E-state index >= 15 is 0 Å². The number of H-pyrrole nitrogens is 1. The largest absolute Gasteiger partial charge is 0.494 e. The van der Waals surface area contributed by atoms with Crippen LogP contribution in [0.1, 0.15) is 10.4 Å². The van der Waals surface area contributed by atoms with Gasteiger partial charge in [0.1, 0.15) is 5.15 Å². The molecule has 0 aromatic carbocycles. The van der Waals surface area contributed by atoms with Crippen LogP contribution >= 0.6 is 11.6 Å². The third-order valence-electron chi connectivity index (χ3n) is 1.94. The van der Waals surface area contributed by atoms with Crippen LogP contribution in [0.15, 0.2) is 29.2 Å². The second-order valence-electron chi connectivity index (χ2n) is 3.28. The summed E-state index contributed by atoms with van der Waals surface area (Å²) in [5, 5.41) is 11.7. The van der Waals surface area contributed by atoms with Crippen molar-refractivity contribution in [1.82, 2.24) is 15.0 Å². The van der Waals surface area contributed by atoms with Crippen LogP contribution in [0.5, 0.6) is 5.88 Å². The number of pyridine rings is 1. The van der Waals surface area contributed by atoms with Crippen LogP contribution in [-0.4, -0.2) is 26.0 Å². The van der Waals surface area contributed by atoms with Crippen molar-refractivity contribution in [3.63, 3.8) is 0 Å². The lowest BCUT2D eigenvalue weighted by Crippen LogP contribution is -2.17. The molecule has 0 aliphatic heterocycles. The van der Waals surface area contributed by atoms with Gasteiger partial charge in [0.25, 0.3) is 11.5 Å². The summed E-state index contributed by atoms with van der Waals surface area (Å²) in [6, 6.07) is 3.61. The van der Waals surface area contributed by atoms with Crippen molar-refractivity contribution in [3.8, 4) is 5.88 Å². The zero-order chi connectivity index (χ0) is 13.1. The second kappa shape index (κ2) is 4.84. The van der Waals surface area contributed by atoms with E-state index in [0.717, 1.165) is 12.1 Å². The fraction of sp³-hybridized carbons (Fsp3) is 0. The van der Waals surface area contributed by atoms with Crippen molar-refractivity contribution in [2.24, 2.45) is 0 Å². The molecule has 8 heteroatoms. The van der Waals surface area contributed by atoms with Crippen LogP contribution in [0, 0.1) is 0 Å². The van der Waals surface area contributed by atoms with Crippen molar-refractivity contribution in [3.05, 3.63) is 45.5 Å².